The molecule has 0 saturated heterocycles. The zero-order valence-corrected chi connectivity index (χ0v) is 41.5. The van der Waals surface area contributed by atoms with Gasteiger partial charge in [0.1, 0.15) is 11.2 Å². The Morgan fingerprint density at radius 1 is 0.260 bits per heavy atom. The maximum absolute atomic E-state index is 6.35. The molecule has 0 aliphatic heterocycles. The van der Waals surface area contributed by atoms with Gasteiger partial charge in [0.2, 0.25) is 0 Å². The standard InChI is InChI=1S/C71H43N5O/c1-4-18-44(19-5-1)48-32-35-55-57(38-48)61(43-56(45-20-6-2-7-21-45)68(55)76-63-30-16-13-27-53(63)59-39-46-22-10-11-23-47(46)42-65(59)76)71-73-69(72-70(74-71)50-34-37-67-60(41-50)54-28-14-17-31-66(54)77-67)49-33-36-64-58(40-49)52-26-12-15-29-62(52)75(64)51-24-8-3-9-25-51/h1-43H. The third-order valence-corrected chi connectivity index (χ3v) is 15.5. The molecule has 6 heteroatoms. The molecule has 0 fully saturated rings. The molecule has 0 bridgehead atoms. The highest BCUT2D eigenvalue weighted by atomic mass is 16.3. The minimum absolute atomic E-state index is 0.566. The summed E-state index contributed by atoms with van der Waals surface area (Å²) < 4.78 is 11.2. The number of aromatic nitrogens is 5. The van der Waals surface area contributed by atoms with E-state index in [0.717, 1.165) is 116 Å². The molecule has 0 amide bonds. The summed E-state index contributed by atoms with van der Waals surface area (Å²) in [7, 11) is 0. The number of fused-ring (bicyclic) bond motifs is 11. The summed E-state index contributed by atoms with van der Waals surface area (Å²) >= 11 is 0. The fourth-order valence-electron chi connectivity index (χ4n) is 12.0. The van der Waals surface area contributed by atoms with Crippen molar-refractivity contribution in [1.82, 2.24) is 24.1 Å². The van der Waals surface area contributed by atoms with Crippen LogP contribution in [-0.4, -0.2) is 24.1 Å². The van der Waals surface area contributed by atoms with Crippen molar-refractivity contribution in [3.05, 3.63) is 261 Å². The van der Waals surface area contributed by atoms with E-state index in [1.807, 2.05) is 18.2 Å². The number of hydrogen-bond donors (Lipinski definition) is 0. The lowest BCUT2D eigenvalue weighted by Gasteiger charge is -2.21. The van der Waals surface area contributed by atoms with Gasteiger partial charge in [0, 0.05) is 65.6 Å². The van der Waals surface area contributed by atoms with Crippen molar-refractivity contribution in [3.63, 3.8) is 0 Å². The van der Waals surface area contributed by atoms with Crippen LogP contribution in [0.15, 0.2) is 265 Å². The van der Waals surface area contributed by atoms with E-state index in [9.17, 15) is 0 Å². The van der Waals surface area contributed by atoms with E-state index < -0.39 is 0 Å². The molecule has 77 heavy (non-hydrogen) atoms. The van der Waals surface area contributed by atoms with Gasteiger partial charge in [0.05, 0.1) is 27.8 Å². The Morgan fingerprint density at radius 2 is 0.779 bits per heavy atom. The third-order valence-electron chi connectivity index (χ3n) is 15.5. The molecule has 0 unspecified atom stereocenters. The van der Waals surface area contributed by atoms with Gasteiger partial charge < -0.3 is 13.6 Å². The molecule has 358 valence electrons. The smallest absolute Gasteiger partial charge is 0.164 e. The Bertz CT molecular complexity index is 5030. The molecule has 0 aliphatic carbocycles. The summed E-state index contributed by atoms with van der Waals surface area (Å²) in [6, 6.07) is 93.1. The summed E-state index contributed by atoms with van der Waals surface area (Å²) in [5.74, 6) is 1.71. The molecular weight excluding hydrogens is 939 g/mol. The van der Waals surface area contributed by atoms with Crippen molar-refractivity contribution in [3.8, 4) is 67.8 Å². The van der Waals surface area contributed by atoms with Crippen molar-refractivity contribution < 1.29 is 4.42 Å². The number of para-hydroxylation sites is 4. The Balaban J connectivity index is 1.01. The molecule has 16 rings (SSSR count). The number of benzene rings is 12. The number of rotatable bonds is 7. The van der Waals surface area contributed by atoms with Crippen molar-refractivity contribution in [2.45, 2.75) is 0 Å². The van der Waals surface area contributed by atoms with Crippen molar-refractivity contribution in [2.24, 2.45) is 0 Å². The molecule has 4 aromatic heterocycles. The zero-order chi connectivity index (χ0) is 50.6. The van der Waals surface area contributed by atoms with E-state index in [4.69, 9.17) is 19.4 Å². The second-order valence-corrected chi connectivity index (χ2v) is 19.9. The van der Waals surface area contributed by atoms with Crippen LogP contribution in [0.1, 0.15) is 0 Å². The van der Waals surface area contributed by atoms with Gasteiger partial charge in [-0.15, -0.1) is 0 Å². The van der Waals surface area contributed by atoms with Gasteiger partial charge in [-0.25, -0.2) is 15.0 Å². The second kappa shape index (κ2) is 17.1. The van der Waals surface area contributed by atoms with E-state index in [0.29, 0.717) is 17.5 Å². The van der Waals surface area contributed by atoms with Gasteiger partial charge in [-0.3, -0.25) is 0 Å². The van der Waals surface area contributed by atoms with Crippen LogP contribution in [0.2, 0.25) is 0 Å². The zero-order valence-electron chi connectivity index (χ0n) is 41.5. The summed E-state index contributed by atoms with van der Waals surface area (Å²) in [6.07, 6.45) is 0. The lowest BCUT2D eigenvalue weighted by molar-refractivity contribution is 0.669. The lowest BCUT2D eigenvalue weighted by Crippen LogP contribution is -2.04. The van der Waals surface area contributed by atoms with Gasteiger partial charge >= 0.3 is 0 Å². The Morgan fingerprint density at radius 3 is 1.52 bits per heavy atom. The average molecular weight is 982 g/mol. The molecule has 0 aliphatic rings. The van der Waals surface area contributed by atoms with E-state index in [2.05, 4.69) is 252 Å². The van der Waals surface area contributed by atoms with E-state index >= 15 is 0 Å². The molecule has 0 spiro atoms. The first-order valence-corrected chi connectivity index (χ1v) is 26.1. The van der Waals surface area contributed by atoms with Crippen molar-refractivity contribution >= 4 is 87.1 Å². The highest BCUT2D eigenvalue weighted by Crippen LogP contribution is 2.46. The largest absolute Gasteiger partial charge is 0.456 e. The molecule has 0 atom stereocenters. The second-order valence-electron chi connectivity index (χ2n) is 19.9. The minimum Gasteiger partial charge on any atom is -0.456 e. The fraction of sp³-hybridized carbons (Fsp3) is 0. The van der Waals surface area contributed by atoms with Crippen LogP contribution < -0.4 is 0 Å². The molecule has 6 nitrogen and oxygen atoms in total. The summed E-state index contributed by atoms with van der Waals surface area (Å²) in [5, 5.41) is 11.2. The Kier molecular flexibility index (Phi) is 9.53. The van der Waals surface area contributed by atoms with Gasteiger partial charge in [-0.05, 0) is 124 Å². The normalized spacial score (nSPS) is 11.9. The number of furan rings is 1. The van der Waals surface area contributed by atoms with Crippen LogP contribution in [0, 0.1) is 0 Å². The van der Waals surface area contributed by atoms with Gasteiger partial charge in [-0.2, -0.15) is 0 Å². The van der Waals surface area contributed by atoms with Crippen LogP contribution in [0.25, 0.3) is 155 Å². The van der Waals surface area contributed by atoms with E-state index in [1.165, 1.54) is 21.5 Å². The molecule has 0 N–H and O–H groups in total. The Labute approximate surface area is 442 Å². The van der Waals surface area contributed by atoms with Gasteiger partial charge in [-0.1, -0.05) is 170 Å². The van der Waals surface area contributed by atoms with Gasteiger partial charge in [0.15, 0.2) is 17.5 Å². The van der Waals surface area contributed by atoms with Crippen LogP contribution in [0.4, 0.5) is 0 Å². The molecule has 4 heterocycles. The first-order chi connectivity index (χ1) is 38.2. The lowest BCUT2D eigenvalue weighted by atomic mass is 9.91. The fourth-order valence-corrected chi connectivity index (χ4v) is 12.0. The average Bonchev–Trinajstić information content (AvgIpc) is 4.27. The maximum atomic E-state index is 6.35. The predicted molar refractivity (Wildman–Crippen MR) is 318 cm³/mol. The minimum atomic E-state index is 0.566. The van der Waals surface area contributed by atoms with Crippen LogP contribution >= 0.6 is 0 Å². The maximum Gasteiger partial charge on any atom is 0.164 e. The molecule has 0 saturated carbocycles. The van der Waals surface area contributed by atoms with Crippen molar-refractivity contribution in [1.29, 1.82) is 0 Å². The predicted octanol–water partition coefficient (Wildman–Crippen LogP) is 18.6. The first-order valence-electron chi connectivity index (χ1n) is 26.1. The SMILES string of the molecule is c1ccc(-c2ccc3c(-n4c5ccccc5c5cc6ccccc6cc54)c(-c4ccccc4)cc(-c4nc(-c5ccc6oc7ccccc7c6c5)nc(-c5ccc6c(c5)c5ccccc5n6-c5ccccc5)n4)c3c2)cc1. The van der Waals surface area contributed by atoms with Crippen LogP contribution in [-0.2, 0) is 0 Å². The summed E-state index contributed by atoms with van der Waals surface area (Å²) in [6.45, 7) is 0. The highest BCUT2D eigenvalue weighted by molar-refractivity contribution is 6.17. The highest BCUT2D eigenvalue weighted by Gasteiger charge is 2.25. The summed E-state index contributed by atoms with van der Waals surface area (Å²) in [4.78, 5) is 16.6. The topological polar surface area (TPSA) is 61.7 Å². The third kappa shape index (κ3) is 6.86. The van der Waals surface area contributed by atoms with E-state index in [1.54, 1.807) is 0 Å². The van der Waals surface area contributed by atoms with E-state index in [-0.39, 0.29) is 0 Å². The molecule has 16 aromatic rings. The first kappa shape index (κ1) is 43.0. The van der Waals surface area contributed by atoms with Crippen LogP contribution in [0.5, 0.6) is 0 Å². The quantitative estimate of drug-likeness (QED) is 0.160. The van der Waals surface area contributed by atoms with Gasteiger partial charge in [0.25, 0.3) is 0 Å². The Hall–Kier alpha value is -10.4. The summed E-state index contributed by atoms with van der Waals surface area (Å²) in [5.41, 5.74) is 15.4. The molecule has 12 aromatic carbocycles. The number of hydrogen-bond acceptors (Lipinski definition) is 4. The monoisotopic (exact) mass is 981 g/mol. The van der Waals surface area contributed by atoms with Crippen molar-refractivity contribution in [2.75, 3.05) is 0 Å². The van der Waals surface area contributed by atoms with Crippen LogP contribution in [0.3, 0.4) is 0 Å². The number of nitrogens with zero attached hydrogens (tertiary/aromatic N) is 5. The molecule has 0 radical (unpaired) electrons. The molecular formula is C71H43N5O.